The number of ether oxygens (including phenoxy) is 1. The van der Waals surface area contributed by atoms with Crippen molar-refractivity contribution in [2.45, 2.75) is 31.1 Å². The summed E-state index contributed by atoms with van der Waals surface area (Å²) in [5.41, 5.74) is 2.01. The number of hydrogen-bond donors (Lipinski definition) is 1. The quantitative estimate of drug-likeness (QED) is 0.832. The first kappa shape index (κ1) is 18.5. The van der Waals surface area contributed by atoms with E-state index >= 15 is 0 Å². The third kappa shape index (κ3) is 3.51. The molecule has 1 N–H and O–H groups in total. The lowest BCUT2D eigenvalue weighted by molar-refractivity contribution is 0.0790. The summed E-state index contributed by atoms with van der Waals surface area (Å²) in [6.45, 7) is 1.28. The third-order valence-corrected chi connectivity index (χ3v) is 5.80. The van der Waals surface area contributed by atoms with Crippen LogP contribution < -0.4 is 4.74 Å². The fourth-order valence-electron chi connectivity index (χ4n) is 3.95. The van der Waals surface area contributed by atoms with Gasteiger partial charge in [-0.25, -0.2) is 4.39 Å². The van der Waals surface area contributed by atoms with Crippen LogP contribution in [0.4, 0.5) is 4.39 Å². The van der Waals surface area contributed by atoms with Crippen LogP contribution in [0.5, 0.6) is 5.75 Å². The summed E-state index contributed by atoms with van der Waals surface area (Å²) in [6.07, 6.45) is 0.490. The first-order valence-electron chi connectivity index (χ1n) is 8.72. The highest BCUT2D eigenvalue weighted by Gasteiger charge is 2.41. The lowest BCUT2D eigenvalue weighted by Gasteiger charge is -2.30. The molecule has 0 amide bonds. The molecular formula is C20H17Cl2FN2O2. The highest BCUT2D eigenvalue weighted by Crippen LogP contribution is 2.43. The number of fused-ring (bicyclic) bond motifs is 1. The van der Waals surface area contributed by atoms with Gasteiger partial charge in [0.1, 0.15) is 6.10 Å². The van der Waals surface area contributed by atoms with Crippen LogP contribution in [-0.2, 0) is 6.42 Å². The van der Waals surface area contributed by atoms with Gasteiger partial charge in [-0.3, -0.25) is 4.90 Å². The Hall–Kier alpha value is -1.84. The zero-order valence-electron chi connectivity index (χ0n) is 14.3. The van der Waals surface area contributed by atoms with Gasteiger partial charge in [-0.2, -0.15) is 5.26 Å². The van der Waals surface area contributed by atoms with Crippen molar-refractivity contribution in [2.24, 2.45) is 0 Å². The molecule has 4 rings (SSSR count). The molecule has 0 bridgehead atoms. The van der Waals surface area contributed by atoms with Crippen LogP contribution in [0.2, 0.25) is 10.0 Å². The van der Waals surface area contributed by atoms with Crippen LogP contribution in [-0.4, -0.2) is 35.2 Å². The fourth-order valence-corrected chi connectivity index (χ4v) is 4.54. The number of nitrogens with zero attached hydrogens (tertiary/aromatic N) is 2. The van der Waals surface area contributed by atoms with E-state index < -0.39 is 11.9 Å². The van der Waals surface area contributed by atoms with E-state index in [4.69, 9.17) is 33.2 Å². The molecule has 7 heteroatoms. The molecule has 0 saturated carbocycles. The Kier molecular flexibility index (Phi) is 5.00. The van der Waals surface area contributed by atoms with Crippen molar-refractivity contribution < 1.29 is 14.2 Å². The normalized spacial score (nSPS) is 24.6. The summed E-state index contributed by atoms with van der Waals surface area (Å²) in [4.78, 5) is 2.15. The minimum Gasteiger partial charge on any atom is -0.481 e. The van der Waals surface area contributed by atoms with E-state index in [2.05, 4.69) is 4.90 Å². The van der Waals surface area contributed by atoms with Crippen molar-refractivity contribution in [3.8, 4) is 11.8 Å². The molecule has 2 aromatic carbocycles. The molecule has 1 saturated heterocycles. The summed E-state index contributed by atoms with van der Waals surface area (Å²) >= 11 is 12.6. The molecule has 1 aliphatic heterocycles. The number of rotatable bonds is 3. The molecule has 27 heavy (non-hydrogen) atoms. The van der Waals surface area contributed by atoms with E-state index in [1.165, 1.54) is 12.1 Å². The zero-order chi connectivity index (χ0) is 19.1. The Morgan fingerprint density at radius 2 is 2.07 bits per heavy atom. The van der Waals surface area contributed by atoms with Gasteiger partial charge < -0.3 is 9.84 Å². The molecule has 2 aromatic rings. The predicted molar refractivity (Wildman–Crippen MR) is 101 cm³/mol. The van der Waals surface area contributed by atoms with E-state index in [1.54, 1.807) is 6.07 Å². The summed E-state index contributed by atoms with van der Waals surface area (Å²) in [5, 5.41) is 19.9. The molecule has 0 spiro atoms. The first-order valence-corrected chi connectivity index (χ1v) is 9.48. The van der Waals surface area contributed by atoms with Crippen molar-refractivity contribution in [2.75, 3.05) is 13.1 Å². The molecule has 3 atom stereocenters. The standard InChI is InChI=1S/C20H17Cl2FN2O2/c21-12-6-15-14(16(22)7-12)8-18(25-4-3-13(26)10-25)20(15)27-19-2-1-11(9-24)5-17(19)23/h1-2,5-7,13,18,20,26H,3-4,8,10H2/t13-,18+,20+/m1/s1. The number of β-amino-alcohol motifs (C(OH)–C–C–N with tert-alkyl or cyclic N) is 1. The van der Waals surface area contributed by atoms with Crippen LogP contribution in [0.15, 0.2) is 30.3 Å². The van der Waals surface area contributed by atoms with Gasteiger partial charge in [0, 0.05) is 28.7 Å². The topological polar surface area (TPSA) is 56.5 Å². The van der Waals surface area contributed by atoms with Gasteiger partial charge in [0.05, 0.1) is 23.8 Å². The second-order valence-corrected chi connectivity index (χ2v) is 7.80. The van der Waals surface area contributed by atoms with Crippen molar-refractivity contribution in [3.05, 3.63) is 62.9 Å². The van der Waals surface area contributed by atoms with Crippen LogP contribution >= 0.6 is 23.2 Å². The second kappa shape index (κ2) is 7.29. The Balaban J connectivity index is 1.71. The average molecular weight is 407 g/mol. The van der Waals surface area contributed by atoms with E-state index in [0.717, 1.165) is 23.7 Å². The van der Waals surface area contributed by atoms with Crippen LogP contribution in [0.3, 0.4) is 0 Å². The minimum atomic E-state index is -0.587. The van der Waals surface area contributed by atoms with Crippen molar-refractivity contribution in [1.29, 1.82) is 5.26 Å². The molecular weight excluding hydrogens is 390 g/mol. The lowest BCUT2D eigenvalue weighted by atomic mass is 10.1. The number of nitriles is 1. The molecule has 0 unspecified atom stereocenters. The summed E-state index contributed by atoms with van der Waals surface area (Å²) in [5.74, 6) is -0.511. The van der Waals surface area contributed by atoms with Gasteiger partial charge in [0.15, 0.2) is 11.6 Å². The van der Waals surface area contributed by atoms with Crippen molar-refractivity contribution >= 4 is 23.2 Å². The average Bonchev–Trinajstić information content (AvgIpc) is 3.21. The Morgan fingerprint density at radius 1 is 1.26 bits per heavy atom. The van der Waals surface area contributed by atoms with E-state index in [9.17, 15) is 9.50 Å². The summed E-state index contributed by atoms with van der Waals surface area (Å²) in [7, 11) is 0. The van der Waals surface area contributed by atoms with E-state index in [1.807, 2.05) is 12.1 Å². The highest BCUT2D eigenvalue weighted by molar-refractivity contribution is 6.35. The number of aliphatic hydroxyl groups is 1. The second-order valence-electron chi connectivity index (χ2n) is 6.96. The largest absolute Gasteiger partial charge is 0.481 e. The monoisotopic (exact) mass is 406 g/mol. The maximum absolute atomic E-state index is 14.4. The lowest BCUT2D eigenvalue weighted by Crippen LogP contribution is -2.39. The first-order chi connectivity index (χ1) is 13.0. The number of aliphatic hydroxyl groups excluding tert-OH is 1. The Morgan fingerprint density at radius 3 is 2.74 bits per heavy atom. The van der Waals surface area contributed by atoms with Crippen LogP contribution in [0.1, 0.15) is 29.2 Å². The summed E-state index contributed by atoms with van der Waals surface area (Å²) < 4.78 is 20.5. The number of benzene rings is 2. The fraction of sp³-hybridized carbons (Fsp3) is 0.350. The summed E-state index contributed by atoms with van der Waals surface area (Å²) in [6, 6.07) is 9.48. The molecule has 140 valence electrons. The number of hydrogen-bond acceptors (Lipinski definition) is 4. The smallest absolute Gasteiger partial charge is 0.166 e. The number of halogens is 3. The van der Waals surface area contributed by atoms with Gasteiger partial charge in [-0.05, 0) is 48.7 Å². The third-order valence-electron chi connectivity index (χ3n) is 5.24. The zero-order valence-corrected chi connectivity index (χ0v) is 15.8. The van der Waals surface area contributed by atoms with Gasteiger partial charge in [-0.1, -0.05) is 23.2 Å². The van der Waals surface area contributed by atoms with Gasteiger partial charge in [0.2, 0.25) is 0 Å². The Labute approximate surface area is 166 Å². The van der Waals surface area contributed by atoms with Crippen molar-refractivity contribution in [1.82, 2.24) is 4.90 Å². The van der Waals surface area contributed by atoms with Crippen molar-refractivity contribution in [3.63, 3.8) is 0 Å². The molecule has 2 aliphatic rings. The SMILES string of the molecule is N#Cc1ccc(O[C@H]2c3cc(Cl)cc(Cl)c3C[C@@H]2N2CC[C@@H](O)C2)c(F)c1. The Bertz CT molecular complexity index is 931. The molecule has 1 heterocycles. The van der Waals surface area contributed by atoms with Gasteiger partial charge in [-0.15, -0.1) is 0 Å². The minimum absolute atomic E-state index is 0.0766. The van der Waals surface area contributed by atoms with E-state index in [0.29, 0.717) is 29.4 Å². The predicted octanol–water partition coefficient (Wildman–Crippen LogP) is 4.12. The van der Waals surface area contributed by atoms with Gasteiger partial charge >= 0.3 is 0 Å². The maximum atomic E-state index is 14.4. The molecule has 1 aliphatic carbocycles. The molecule has 0 aromatic heterocycles. The highest BCUT2D eigenvalue weighted by atomic mass is 35.5. The van der Waals surface area contributed by atoms with Crippen LogP contribution in [0.25, 0.3) is 0 Å². The number of likely N-dealkylation sites (tertiary alicyclic amines) is 1. The molecule has 0 radical (unpaired) electrons. The van der Waals surface area contributed by atoms with Crippen LogP contribution in [0, 0.1) is 17.1 Å². The van der Waals surface area contributed by atoms with Gasteiger partial charge in [0.25, 0.3) is 0 Å². The molecule has 1 fully saturated rings. The van der Waals surface area contributed by atoms with E-state index in [-0.39, 0.29) is 23.5 Å². The molecule has 4 nitrogen and oxygen atoms in total. The maximum Gasteiger partial charge on any atom is 0.166 e.